The van der Waals surface area contributed by atoms with E-state index in [0.29, 0.717) is 30.3 Å². The van der Waals surface area contributed by atoms with Crippen LogP contribution >= 0.6 is 11.6 Å². The standard InChI is InChI=1S/C47H82ClN3O12/c1-15-21-49-26-47(56)32(8)59-37(24-45(47,10)57-14)62-38-29(5)41(63-43-39(34(51(12)13)22-28(4)58-43)60-35-20-18-17-19-33(35)48)44(9,54)23-27(3)25-50-31(7)40(52)46(11,55)36(16-2)61-42(53)30(38)6/h17-20,27-32,34,36-41,43,49-50,52,54-56H,15-16,21-26H2,1-14H3/t27-,28-,29+,30-,31-,32+,34+,36-,37+,38+,39-,40-,41-,43+,44-,45-,46-,47+/m1/s1. The first-order chi connectivity index (χ1) is 29.4. The van der Waals surface area contributed by atoms with Crippen LogP contribution in [-0.4, -0.2) is 162 Å². The number of ether oxygens (including phenoxy) is 7. The molecular formula is C47H82ClN3O12. The Morgan fingerprint density at radius 1 is 0.968 bits per heavy atom. The highest BCUT2D eigenvalue weighted by atomic mass is 35.5. The summed E-state index contributed by atoms with van der Waals surface area (Å²) in [5, 5.41) is 55.4. The highest BCUT2D eigenvalue weighted by molar-refractivity contribution is 6.32. The van der Waals surface area contributed by atoms with Crippen LogP contribution in [0.3, 0.4) is 0 Å². The molecule has 18 atom stereocenters. The molecule has 3 saturated heterocycles. The fraction of sp³-hybridized carbons (Fsp3) is 0.851. The molecule has 63 heavy (non-hydrogen) atoms. The van der Waals surface area contributed by atoms with Gasteiger partial charge in [-0.1, -0.05) is 51.4 Å². The molecule has 0 radical (unpaired) electrons. The van der Waals surface area contributed by atoms with Crippen molar-refractivity contribution in [1.29, 1.82) is 0 Å². The summed E-state index contributed by atoms with van der Waals surface area (Å²) in [5.41, 5.74) is -6.01. The Kier molecular flexibility index (Phi) is 19.2. The molecule has 0 aromatic heterocycles. The summed E-state index contributed by atoms with van der Waals surface area (Å²) < 4.78 is 46.1. The van der Waals surface area contributed by atoms with Gasteiger partial charge >= 0.3 is 5.97 Å². The Morgan fingerprint density at radius 2 is 1.63 bits per heavy atom. The van der Waals surface area contributed by atoms with Crippen LogP contribution in [0.5, 0.6) is 5.75 Å². The first-order valence-corrected chi connectivity index (χ1v) is 23.5. The SMILES string of the molecule is CCCNC[C@]1(O)[C@H](C)O[C@@H](O[C@H]2[C@H](C)[C@@H](O[C@@H]3O[C@H](C)C[C@H](N(C)C)[C@H]3Oc3ccccc3Cl)[C@](C)(O)C[C@@H](C)CN[C@H](C)[C@@H](O)[C@](C)(O)[C@@H](CC)OC(=O)[C@@H]2C)C[C@@]1(C)OC. The van der Waals surface area contributed by atoms with Crippen molar-refractivity contribution in [3.8, 4) is 5.75 Å². The van der Waals surface area contributed by atoms with Crippen molar-refractivity contribution in [1.82, 2.24) is 15.5 Å². The molecule has 0 unspecified atom stereocenters. The van der Waals surface area contributed by atoms with Gasteiger partial charge in [0.2, 0.25) is 0 Å². The number of carbonyl (C=O) groups excluding carboxylic acids is 1. The van der Waals surface area contributed by atoms with Crippen molar-refractivity contribution in [3.05, 3.63) is 29.3 Å². The quantitative estimate of drug-likeness (QED) is 0.118. The lowest BCUT2D eigenvalue weighted by Gasteiger charge is -2.53. The second-order valence-corrected chi connectivity index (χ2v) is 20.1. The van der Waals surface area contributed by atoms with Crippen LogP contribution in [0.25, 0.3) is 0 Å². The van der Waals surface area contributed by atoms with Gasteiger partial charge in [-0.2, -0.15) is 0 Å². The molecule has 0 aliphatic carbocycles. The van der Waals surface area contributed by atoms with Crippen molar-refractivity contribution in [2.45, 2.75) is 198 Å². The molecule has 15 nitrogen and oxygen atoms in total. The number of nitrogens with zero attached hydrogens (tertiary/aromatic N) is 1. The van der Waals surface area contributed by atoms with Gasteiger partial charge in [0.25, 0.3) is 0 Å². The molecule has 3 fully saturated rings. The number of nitrogens with one attached hydrogen (secondary N) is 2. The van der Waals surface area contributed by atoms with Gasteiger partial charge < -0.3 is 69.1 Å². The van der Waals surface area contributed by atoms with Gasteiger partial charge in [-0.15, -0.1) is 0 Å². The van der Waals surface area contributed by atoms with E-state index in [1.807, 2.05) is 60.8 Å². The zero-order chi connectivity index (χ0) is 47.2. The number of cyclic esters (lactones) is 1. The Bertz CT molecular complexity index is 1590. The van der Waals surface area contributed by atoms with E-state index in [0.717, 1.165) is 6.42 Å². The molecule has 364 valence electrons. The van der Waals surface area contributed by atoms with Crippen LogP contribution in [0.15, 0.2) is 24.3 Å². The third-order valence-electron chi connectivity index (χ3n) is 14.1. The Morgan fingerprint density at radius 3 is 2.24 bits per heavy atom. The summed E-state index contributed by atoms with van der Waals surface area (Å²) in [6, 6.07) is 6.41. The molecule has 3 aliphatic heterocycles. The monoisotopic (exact) mass is 916 g/mol. The van der Waals surface area contributed by atoms with E-state index in [-0.39, 0.29) is 43.9 Å². The molecule has 3 aliphatic rings. The lowest BCUT2D eigenvalue weighted by atomic mass is 9.75. The van der Waals surface area contributed by atoms with Gasteiger partial charge in [0.1, 0.15) is 34.8 Å². The van der Waals surface area contributed by atoms with Crippen LogP contribution in [0.1, 0.15) is 108 Å². The number of likely N-dealkylation sites (N-methyl/N-ethyl adjacent to an activating group) is 1. The summed E-state index contributed by atoms with van der Waals surface area (Å²) in [6.45, 7) is 21.1. The summed E-state index contributed by atoms with van der Waals surface area (Å²) >= 11 is 6.65. The zero-order valence-corrected chi connectivity index (χ0v) is 41.2. The maximum absolute atomic E-state index is 14.6. The predicted octanol–water partition coefficient (Wildman–Crippen LogP) is 4.67. The summed E-state index contributed by atoms with van der Waals surface area (Å²) in [4.78, 5) is 16.6. The van der Waals surface area contributed by atoms with Crippen LogP contribution in [-0.2, 0) is 33.2 Å². The minimum absolute atomic E-state index is 0.0889. The average molecular weight is 917 g/mol. The molecule has 4 rings (SSSR count). The number of carbonyl (C=O) groups is 1. The number of esters is 1. The highest BCUT2D eigenvalue weighted by Gasteiger charge is 2.58. The maximum Gasteiger partial charge on any atom is 0.311 e. The molecule has 0 bridgehead atoms. The van der Waals surface area contributed by atoms with Gasteiger partial charge in [0, 0.05) is 32.0 Å². The Hall–Kier alpha value is -1.70. The number of aliphatic hydroxyl groups excluding tert-OH is 1. The van der Waals surface area contributed by atoms with E-state index < -0.39 is 95.5 Å². The van der Waals surface area contributed by atoms with E-state index in [1.54, 1.807) is 53.9 Å². The minimum Gasteiger partial charge on any atom is -0.482 e. The normalized spacial score (nSPS) is 43.8. The molecule has 0 amide bonds. The zero-order valence-electron chi connectivity index (χ0n) is 40.4. The molecule has 6 N–H and O–H groups in total. The van der Waals surface area contributed by atoms with Crippen LogP contribution in [0.2, 0.25) is 5.02 Å². The minimum atomic E-state index is -1.83. The van der Waals surface area contributed by atoms with Crippen molar-refractivity contribution in [3.63, 3.8) is 0 Å². The number of aliphatic hydroxyl groups is 4. The lowest BCUT2D eigenvalue weighted by Crippen LogP contribution is -2.70. The third kappa shape index (κ3) is 12.5. The third-order valence-corrected chi connectivity index (χ3v) is 14.4. The first kappa shape index (κ1) is 53.9. The van der Waals surface area contributed by atoms with Crippen molar-refractivity contribution < 1.29 is 58.4 Å². The number of para-hydroxylation sites is 1. The highest BCUT2D eigenvalue weighted by Crippen LogP contribution is 2.43. The van der Waals surface area contributed by atoms with Crippen LogP contribution in [0, 0.1) is 17.8 Å². The predicted molar refractivity (Wildman–Crippen MR) is 242 cm³/mol. The first-order valence-electron chi connectivity index (χ1n) is 23.1. The number of hydrogen-bond donors (Lipinski definition) is 6. The molecule has 1 aromatic carbocycles. The van der Waals surface area contributed by atoms with E-state index >= 15 is 0 Å². The average Bonchev–Trinajstić information content (AvgIpc) is 3.22. The fourth-order valence-electron chi connectivity index (χ4n) is 10.0. The second kappa shape index (κ2) is 22.4. The van der Waals surface area contributed by atoms with Crippen molar-refractivity contribution in [2.75, 3.05) is 40.8 Å². The Balaban J connectivity index is 1.87. The van der Waals surface area contributed by atoms with E-state index in [2.05, 4.69) is 15.5 Å². The van der Waals surface area contributed by atoms with Crippen LogP contribution < -0.4 is 15.4 Å². The molecule has 3 heterocycles. The number of halogens is 1. The van der Waals surface area contributed by atoms with E-state index in [9.17, 15) is 25.2 Å². The van der Waals surface area contributed by atoms with Gasteiger partial charge in [-0.3, -0.25) is 4.79 Å². The summed E-state index contributed by atoms with van der Waals surface area (Å²) in [6.07, 6.45) is -6.30. The fourth-order valence-corrected chi connectivity index (χ4v) is 10.2. The second-order valence-electron chi connectivity index (χ2n) is 19.7. The van der Waals surface area contributed by atoms with Gasteiger partial charge in [-0.05, 0) is 119 Å². The number of rotatable bonds is 13. The number of hydrogen-bond acceptors (Lipinski definition) is 15. The van der Waals surface area contributed by atoms with E-state index in [1.165, 1.54) is 6.92 Å². The van der Waals surface area contributed by atoms with Gasteiger partial charge in [-0.25, -0.2) is 0 Å². The lowest BCUT2D eigenvalue weighted by molar-refractivity contribution is -0.335. The van der Waals surface area contributed by atoms with Crippen molar-refractivity contribution >= 4 is 17.6 Å². The molecular weight excluding hydrogens is 834 g/mol. The van der Waals surface area contributed by atoms with E-state index in [4.69, 9.17) is 44.8 Å². The molecule has 1 aromatic rings. The topological polar surface area (TPSA) is 190 Å². The summed E-state index contributed by atoms with van der Waals surface area (Å²) in [7, 11) is 5.48. The van der Waals surface area contributed by atoms with Gasteiger partial charge in [0.05, 0.1) is 47.0 Å². The largest absolute Gasteiger partial charge is 0.482 e. The van der Waals surface area contributed by atoms with Crippen molar-refractivity contribution in [2.24, 2.45) is 17.8 Å². The number of benzene rings is 1. The molecule has 16 heteroatoms. The molecule has 0 saturated carbocycles. The number of methoxy groups -OCH3 is 1. The summed E-state index contributed by atoms with van der Waals surface area (Å²) in [5.74, 6) is -2.24. The Labute approximate surface area is 382 Å². The van der Waals surface area contributed by atoms with Gasteiger partial charge in [0.15, 0.2) is 18.7 Å². The van der Waals surface area contributed by atoms with Crippen LogP contribution in [0.4, 0.5) is 0 Å². The maximum atomic E-state index is 14.6. The molecule has 0 spiro atoms. The smallest absolute Gasteiger partial charge is 0.311 e.